The van der Waals surface area contributed by atoms with Gasteiger partial charge in [0.05, 0.1) is 6.10 Å². The molecule has 6 nitrogen and oxygen atoms in total. The minimum Gasteiger partial charge on any atom is -0.376 e. The number of amides is 1. The summed E-state index contributed by atoms with van der Waals surface area (Å²) in [7, 11) is 1.65. The molecule has 1 amide bonds. The minimum atomic E-state index is -0.536. The van der Waals surface area contributed by atoms with Gasteiger partial charge >= 0.3 is 0 Å². The lowest BCUT2D eigenvalue weighted by atomic mass is 10.0. The molecule has 2 aromatic rings. The van der Waals surface area contributed by atoms with E-state index in [0.29, 0.717) is 13.2 Å². The Morgan fingerprint density at radius 3 is 3.04 bits per heavy atom. The number of hydrogen-bond donors (Lipinski definition) is 1. The Kier molecular flexibility index (Phi) is 4.58. The van der Waals surface area contributed by atoms with Crippen molar-refractivity contribution in [3.8, 4) is 0 Å². The van der Waals surface area contributed by atoms with Gasteiger partial charge in [-0.1, -0.05) is 11.6 Å². The molecule has 8 heteroatoms. The highest BCUT2D eigenvalue weighted by atomic mass is 35.5. The number of rotatable bonds is 4. The zero-order valence-corrected chi connectivity index (χ0v) is 13.3. The van der Waals surface area contributed by atoms with Crippen LogP contribution in [0.4, 0.5) is 4.39 Å². The maximum Gasteiger partial charge on any atom is 0.253 e. The Labute approximate surface area is 137 Å². The Morgan fingerprint density at radius 1 is 1.52 bits per heavy atom. The van der Waals surface area contributed by atoms with E-state index in [0.717, 1.165) is 12.2 Å². The lowest BCUT2D eigenvalue weighted by Crippen LogP contribution is -2.36. The van der Waals surface area contributed by atoms with Gasteiger partial charge in [-0.3, -0.25) is 9.89 Å². The highest BCUT2D eigenvalue weighted by molar-refractivity contribution is 6.31. The summed E-state index contributed by atoms with van der Waals surface area (Å²) in [6.45, 7) is 0.974. The zero-order chi connectivity index (χ0) is 16.4. The van der Waals surface area contributed by atoms with Crippen molar-refractivity contribution in [2.24, 2.45) is 0 Å². The Morgan fingerprint density at radius 2 is 2.35 bits per heavy atom. The smallest absolute Gasteiger partial charge is 0.253 e. The Bertz CT molecular complexity index is 675. The largest absolute Gasteiger partial charge is 0.376 e. The van der Waals surface area contributed by atoms with Crippen molar-refractivity contribution in [2.45, 2.75) is 18.4 Å². The van der Waals surface area contributed by atoms with E-state index in [1.54, 1.807) is 7.05 Å². The monoisotopic (exact) mass is 338 g/mol. The van der Waals surface area contributed by atoms with Gasteiger partial charge in [-0.15, -0.1) is 0 Å². The molecular weight excluding hydrogens is 323 g/mol. The maximum atomic E-state index is 13.4. The number of ether oxygens (including phenoxy) is 1. The Balaban J connectivity index is 1.70. The van der Waals surface area contributed by atoms with E-state index in [1.165, 1.54) is 29.4 Å². The molecule has 0 aliphatic carbocycles. The number of hydrogen-bond acceptors (Lipinski definition) is 4. The molecule has 3 rings (SSSR count). The van der Waals surface area contributed by atoms with Crippen LogP contribution in [0.2, 0.25) is 5.02 Å². The molecule has 1 fully saturated rings. The topological polar surface area (TPSA) is 71.1 Å². The zero-order valence-electron chi connectivity index (χ0n) is 12.5. The van der Waals surface area contributed by atoms with Gasteiger partial charge in [0.25, 0.3) is 5.91 Å². The van der Waals surface area contributed by atoms with Crippen LogP contribution in [-0.2, 0) is 4.74 Å². The second kappa shape index (κ2) is 6.64. The molecule has 0 saturated carbocycles. The Hall–Kier alpha value is -1.99. The highest BCUT2D eigenvalue weighted by Gasteiger charge is 2.33. The number of nitrogens with one attached hydrogen (secondary N) is 1. The van der Waals surface area contributed by atoms with Crippen LogP contribution in [0.3, 0.4) is 0 Å². The predicted octanol–water partition coefficient (Wildman–Crippen LogP) is 2.24. The molecule has 1 saturated heterocycles. The molecule has 0 spiro atoms. The van der Waals surface area contributed by atoms with E-state index >= 15 is 0 Å². The number of nitrogens with zero attached hydrogens (tertiary/aromatic N) is 3. The fourth-order valence-electron chi connectivity index (χ4n) is 2.79. The molecule has 0 radical (unpaired) electrons. The van der Waals surface area contributed by atoms with Gasteiger partial charge in [0.2, 0.25) is 0 Å². The molecule has 1 aliphatic heterocycles. The molecule has 0 bridgehead atoms. The van der Waals surface area contributed by atoms with E-state index in [1.807, 2.05) is 0 Å². The molecule has 122 valence electrons. The fraction of sp³-hybridized carbons (Fsp3) is 0.400. The molecule has 0 unspecified atom stereocenters. The van der Waals surface area contributed by atoms with Gasteiger partial charge in [-0.05, 0) is 24.6 Å². The van der Waals surface area contributed by atoms with Crippen molar-refractivity contribution < 1.29 is 13.9 Å². The van der Waals surface area contributed by atoms with Gasteiger partial charge in [-0.25, -0.2) is 9.37 Å². The maximum absolute atomic E-state index is 13.4. The van der Waals surface area contributed by atoms with Crippen LogP contribution >= 0.6 is 11.6 Å². The third-order valence-corrected chi connectivity index (χ3v) is 4.12. The second-order valence-electron chi connectivity index (χ2n) is 5.52. The summed E-state index contributed by atoms with van der Waals surface area (Å²) >= 11 is 5.81. The number of aromatic nitrogens is 3. The summed E-state index contributed by atoms with van der Waals surface area (Å²) in [4.78, 5) is 18.1. The van der Waals surface area contributed by atoms with Crippen LogP contribution in [0.25, 0.3) is 0 Å². The summed E-state index contributed by atoms with van der Waals surface area (Å²) in [6.07, 6.45) is 2.09. The van der Waals surface area contributed by atoms with E-state index in [2.05, 4.69) is 15.2 Å². The van der Waals surface area contributed by atoms with E-state index < -0.39 is 5.82 Å². The summed E-state index contributed by atoms with van der Waals surface area (Å²) in [5, 5.41) is 6.89. The van der Waals surface area contributed by atoms with Crippen LogP contribution in [0, 0.1) is 5.82 Å². The predicted molar refractivity (Wildman–Crippen MR) is 81.9 cm³/mol. The van der Waals surface area contributed by atoms with Crippen molar-refractivity contribution in [1.29, 1.82) is 0 Å². The van der Waals surface area contributed by atoms with Gasteiger partial charge in [-0.2, -0.15) is 5.10 Å². The molecule has 23 heavy (non-hydrogen) atoms. The lowest BCUT2D eigenvalue weighted by molar-refractivity contribution is 0.0550. The van der Waals surface area contributed by atoms with Crippen molar-refractivity contribution in [3.05, 3.63) is 46.8 Å². The standard InChI is InChI=1S/C15H16ClFN4O2/c1-21(15(22)9-4-10(16)6-11(17)5-9)7-13-12(2-3-23-13)14-18-8-19-20-14/h4-6,8,12-13H,2-3,7H2,1H3,(H,18,19,20)/t12-,13-/m1/s1. The molecule has 1 aliphatic rings. The van der Waals surface area contributed by atoms with Gasteiger partial charge in [0.1, 0.15) is 18.0 Å². The molecule has 2 heterocycles. The third kappa shape index (κ3) is 3.51. The SMILES string of the molecule is CN(C[C@H]1OCC[C@H]1c1ncn[nH]1)C(=O)c1cc(F)cc(Cl)c1. The van der Waals surface area contributed by atoms with Crippen LogP contribution in [-0.4, -0.2) is 52.3 Å². The minimum absolute atomic E-state index is 0.0591. The second-order valence-corrected chi connectivity index (χ2v) is 5.96. The normalized spacial score (nSPS) is 20.7. The first-order valence-electron chi connectivity index (χ1n) is 7.23. The molecule has 1 aromatic heterocycles. The van der Waals surface area contributed by atoms with Crippen molar-refractivity contribution in [2.75, 3.05) is 20.2 Å². The third-order valence-electron chi connectivity index (χ3n) is 3.90. The van der Waals surface area contributed by atoms with Crippen molar-refractivity contribution in [1.82, 2.24) is 20.1 Å². The lowest BCUT2D eigenvalue weighted by Gasteiger charge is -2.24. The van der Waals surface area contributed by atoms with Crippen molar-refractivity contribution >= 4 is 17.5 Å². The van der Waals surface area contributed by atoms with Crippen LogP contribution < -0.4 is 0 Å². The quantitative estimate of drug-likeness (QED) is 0.928. The fourth-order valence-corrected chi connectivity index (χ4v) is 3.01. The summed E-state index contributed by atoms with van der Waals surface area (Å²) < 4.78 is 19.1. The number of likely N-dealkylation sites (N-methyl/N-ethyl adjacent to an activating group) is 1. The van der Waals surface area contributed by atoms with E-state index in [9.17, 15) is 9.18 Å². The number of benzene rings is 1. The number of H-pyrrole nitrogens is 1. The number of carbonyl (C=O) groups excluding carboxylic acids is 1. The van der Waals surface area contributed by atoms with Gasteiger partial charge < -0.3 is 9.64 Å². The van der Waals surface area contributed by atoms with Crippen LogP contribution in [0.5, 0.6) is 0 Å². The number of halogens is 2. The average molecular weight is 339 g/mol. The van der Waals surface area contributed by atoms with Gasteiger partial charge in [0, 0.05) is 36.7 Å². The highest BCUT2D eigenvalue weighted by Crippen LogP contribution is 2.29. The number of aromatic amines is 1. The summed E-state index contributed by atoms with van der Waals surface area (Å²) in [5.74, 6) is -0.0323. The van der Waals surface area contributed by atoms with E-state index in [-0.39, 0.29) is 28.5 Å². The average Bonchev–Trinajstić information content (AvgIpc) is 3.15. The van der Waals surface area contributed by atoms with Crippen molar-refractivity contribution in [3.63, 3.8) is 0 Å². The van der Waals surface area contributed by atoms with E-state index in [4.69, 9.17) is 16.3 Å². The number of carbonyl (C=O) groups is 1. The first-order chi connectivity index (χ1) is 11.0. The van der Waals surface area contributed by atoms with Gasteiger partial charge in [0.15, 0.2) is 0 Å². The molecule has 1 aromatic carbocycles. The summed E-state index contributed by atoms with van der Waals surface area (Å²) in [5.41, 5.74) is 0.215. The molecular formula is C15H16ClFN4O2. The molecule has 1 N–H and O–H groups in total. The summed E-state index contributed by atoms with van der Waals surface area (Å²) in [6, 6.07) is 3.79. The van der Waals surface area contributed by atoms with Crippen LogP contribution in [0.15, 0.2) is 24.5 Å². The van der Waals surface area contributed by atoms with Crippen LogP contribution in [0.1, 0.15) is 28.5 Å². The first kappa shape index (κ1) is 15.9. The molecule has 2 atom stereocenters. The first-order valence-corrected chi connectivity index (χ1v) is 7.61.